The Labute approximate surface area is 141 Å². The van der Waals surface area contributed by atoms with Crippen molar-refractivity contribution in [3.05, 3.63) is 65.5 Å². The molecule has 0 atom stereocenters. The number of aromatic amines is 1. The van der Waals surface area contributed by atoms with Crippen LogP contribution in [0, 0.1) is 11.6 Å². The molecular formula is C17H14F2N4O2. The van der Waals surface area contributed by atoms with Crippen molar-refractivity contribution in [2.45, 2.75) is 6.54 Å². The number of rotatable bonds is 5. The molecule has 8 heteroatoms. The number of nitrogens with zero attached hydrogens (tertiary/aromatic N) is 2. The summed E-state index contributed by atoms with van der Waals surface area (Å²) in [6, 6.07) is 9.84. The number of carbonyl (C=O) groups excluding carboxylic acids is 1. The second kappa shape index (κ2) is 7.08. The monoisotopic (exact) mass is 344 g/mol. The van der Waals surface area contributed by atoms with E-state index in [4.69, 9.17) is 4.74 Å². The molecular weight excluding hydrogens is 330 g/mol. The van der Waals surface area contributed by atoms with Gasteiger partial charge in [0, 0.05) is 5.56 Å². The van der Waals surface area contributed by atoms with E-state index in [9.17, 15) is 13.6 Å². The normalized spacial score (nSPS) is 10.5. The molecule has 0 saturated heterocycles. The highest BCUT2D eigenvalue weighted by molar-refractivity contribution is 5.94. The van der Waals surface area contributed by atoms with Crippen molar-refractivity contribution in [1.82, 2.24) is 20.5 Å². The van der Waals surface area contributed by atoms with E-state index in [2.05, 4.69) is 20.5 Å². The summed E-state index contributed by atoms with van der Waals surface area (Å²) in [6.45, 7) is -0.00204. The van der Waals surface area contributed by atoms with Crippen molar-refractivity contribution >= 4 is 5.91 Å². The molecule has 3 aromatic rings. The van der Waals surface area contributed by atoms with E-state index in [0.29, 0.717) is 17.4 Å². The van der Waals surface area contributed by atoms with E-state index in [1.807, 2.05) is 0 Å². The van der Waals surface area contributed by atoms with Crippen molar-refractivity contribution in [3.8, 4) is 17.1 Å². The van der Waals surface area contributed by atoms with E-state index >= 15 is 0 Å². The number of nitrogens with one attached hydrogen (secondary N) is 2. The van der Waals surface area contributed by atoms with Gasteiger partial charge < -0.3 is 10.1 Å². The van der Waals surface area contributed by atoms with Crippen LogP contribution in [0.4, 0.5) is 8.78 Å². The molecule has 0 aliphatic carbocycles. The van der Waals surface area contributed by atoms with Crippen molar-refractivity contribution in [2.24, 2.45) is 0 Å². The summed E-state index contributed by atoms with van der Waals surface area (Å²) in [5.74, 6) is -0.675. The predicted molar refractivity (Wildman–Crippen MR) is 85.9 cm³/mol. The average Bonchev–Trinajstić information content (AvgIpc) is 3.11. The summed E-state index contributed by atoms with van der Waals surface area (Å²) in [6.07, 6.45) is 0. The molecule has 2 aromatic carbocycles. The van der Waals surface area contributed by atoms with Crippen LogP contribution < -0.4 is 10.1 Å². The van der Waals surface area contributed by atoms with Gasteiger partial charge in [-0.15, -0.1) is 0 Å². The fourth-order valence-corrected chi connectivity index (χ4v) is 2.17. The van der Waals surface area contributed by atoms with Crippen LogP contribution in [0.2, 0.25) is 0 Å². The minimum Gasteiger partial charge on any atom is -0.497 e. The molecule has 0 aliphatic rings. The lowest BCUT2D eigenvalue weighted by molar-refractivity contribution is 0.0945. The minimum absolute atomic E-state index is 0.00204. The Bertz CT molecular complexity index is 894. The summed E-state index contributed by atoms with van der Waals surface area (Å²) in [4.78, 5) is 16.2. The Balaban J connectivity index is 1.67. The Morgan fingerprint density at radius 1 is 1.20 bits per heavy atom. The van der Waals surface area contributed by atoms with Gasteiger partial charge in [0.05, 0.1) is 19.2 Å². The summed E-state index contributed by atoms with van der Waals surface area (Å²) in [7, 11) is 1.57. The Morgan fingerprint density at radius 2 is 1.96 bits per heavy atom. The molecule has 1 amide bonds. The van der Waals surface area contributed by atoms with E-state index in [1.165, 1.54) is 0 Å². The number of benzene rings is 2. The standard InChI is InChI=1S/C17H14F2N4O2/c1-25-12-5-2-10(3-6-12)16-21-15(22-23-16)9-20-17(24)13-8-11(18)4-7-14(13)19/h2-8H,9H2,1H3,(H,20,24)(H,21,22,23). The Morgan fingerprint density at radius 3 is 2.68 bits per heavy atom. The van der Waals surface area contributed by atoms with Crippen LogP contribution >= 0.6 is 0 Å². The first kappa shape index (κ1) is 16.6. The highest BCUT2D eigenvalue weighted by Gasteiger charge is 2.13. The highest BCUT2D eigenvalue weighted by atomic mass is 19.1. The van der Waals surface area contributed by atoms with Crippen LogP contribution in [0.15, 0.2) is 42.5 Å². The van der Waals surface area contributed by atoms with Crippen LogP contribution in [0.1, 0.15) is 16.2 Å². The zero-order chi connectivity index (χ0) is 17.8. The second-order valence-electron chi connectivity index (χ2n) is 5.14. The van der Waals surface area contributed by atoms with Gasteiger partial charge in [-0.2, -0.15) is 5.10 Å². The predicted octanol–water partition coefficient (Wildman–Crippen LogP) is 2.69. The largest absolute Gasteiger partial charge is 0.497 e. The van der Waals surface area contributed by atoms with Crippen LogP contribution in [-0.4, -0.2) is 28.2 Å². The SMILES string of the molecule is COc1ccc(-c2n[nH]c(CNC(=O)c3cc(F)ccc3F)n2)cc1. The number of carbonyl (C=O) groups is 1. The summed E-state index contributed by atoms with van der Waals surface area (Å²) in [5.41, 5.74) is 0.403. The third-order valence-electron chi connectivity index (χ3n) is 3.47. The van der Waals surface area contributed by atoms with Gasteiger partial charge in [-0.25, -0.2) is 13.8 Å². The highest BCUT2D eigenvalue weighted by Crippen LogP contribution is 2.19. The lowest BCUT2D eigenvalue weighted by Gasteiger charge is -2.04. The van der Waals surface area contributed by atoms with Crippen LogP contribution in [0.3, 0.4) is 0 Å². The molecule has 0 aliphatic heterocycles. The molecule has 0 bridgehead atoms. The first-order valence-electron chi connectivity index (χ1n) is 7.36. The van der Waals surface area contributed by atoms with Crippen molar-refractivity contribution in [3.63, 3.8) is 0 Å². The van der Waals surface area contributed by atoms with E-state index < -0.39 is 17.5 Å². The molecule has 0 unspecified atom stereocenters. The first-order valence-corrected chi connectivity index (χ1v) is 7.36. The summed E-state index contributed by atoms with van der Waals surface area (Å²) in [5, 5.41) is 9.22. The maximum Gasteiger partial charge on any atom is 0.254 e. The van der Waals surface area contributed by atoms with E-state index in [1.54, 1.807) is 31.4 Å². The molecule has 1 aromatic heterocycles. The van der Waals surface area contributed by atoms with Gasteiger partial charge in [0.2, 0.25) is 0 Å². The number of aromatic nitrogens is 3. The number of methoxy groups -OCH3 is 1. The fourth-order valence-electron chi connectivity index (χ4n) is 2.17. The number of hydrogen-bond acceptors (Lipinski definition) is 4. The third kappa shape index (κ3) is 3.79. The molecule has 0 spiro atoms. The molecule has 0 fully saturated rings. The van der Waals surface area contributed by atoms with Crippen molar-refractivity contribution in [1.29, 1.82) is 0 Å². The maximum absolute atomic E-state index is 13.6. The van der Waals surface area contributed by atoms with Crippen LogP contribution in [0.5, 0.6) is 5.75 Å². The smallest absolute Gasteiger partial charge is 0.254 e. The number of hydrogen-bond donors (Lipinski definition) is 2. The number of halogens is 2. The van der Waals surface area contributed by atoms with Gasteiger partial charge in [-0.3, -0.25) is 9.89 Å². The number of ether oxygens (including phenoxy) is 1. The van der Waals surface area contributed by atoms with Crippen molar-refractivity contribution in [2.75, 3.05) is 7.11 Å². The summed E-state index contributed by atoms with van der Waals surface area (Å²) < 4.78 is 31.8. The minimum atomic E-state index is -0.796. The van der Waals surface area contributed by atoms with Gasteiger partial charge >= 0.3 is 0 Å². The lowest BCUT2D eigenvalue weighted by atomic mass is 10.2. The summed E-state index contributed by atoms with van der Waals surface area (Å²) >= 11 is 0. The lowest BCUT2D eigenvalue weighted by Crippen LogP contribution is -2.24. The third-order valence-corrected chi connectivity index (χ3v) is 3.47. The Kier molecular flexibility index (Phi) is 4.69. The molecule has 0 saturated carbocycles. The fraction of sp³-hybridized carbons (Fsp3) is 0.118. The number of amides is 1. The van der Waals surface area contributed by atoms with Gasteiger partial charge in [-0.05, 0) is 42.5 Å². The molecule has 0 radical (unpaired) electrons. The average molecular weight is 344 g/mol. The molecule has 1 heterocycles. The van der Waals surface area contributed by atoms with Crippen molar-refractivity contribution < 1.29 is 18.3 Å². The zero-order valence-electron chi connectivity index (χ0n) is 13.2. The van der Waals surface area contributed by atoms with Gasteiger partial charge in [-0.1, -0.05) is 0 Å². The zero-order valence-corrected chi connectivity index (χ0v) is 13.2. The van der Waals surface area contributed by atoms with E-state index in [0.717, 1.165) is 23.8 Å². The molecule has 25 heavy (non-hydrogen) atoms. The molecule has 128 valence electrons. The quantitative estimate of drug-likeness (QED) is 0.746. The number of H-pyrrole nitrogens is 1. The topological polar surface area (TPSA) is 79.9 Å². The molecule has 3 rings (SSSR count). The first-order chi connectivity index (χ1) is 12.1. The molecule has 6 nitrogen and oxygen atoms in total. The van der Waals surface area contributed by atoms with Gasteiger partial charge in [0.25, 0.3) is 5.91 Å². The van der Waals surface area contributed by atoms with E-state index in [-0.39, 0.29) is 12.1 Å². The maximum atomic E-state index is 13.6. The van der Waals surface area contributed by atoms with Gasteiger partial charge in [0.1, 0.15) is 23.2 Å². The van der Waals surface area contributed by atoms with Crippen LogP contribution in [0.25, 0.3) is 11.4 Å². The van der Waals surface area contributed by atoms with Crippen LogP contribution in [-0.2, 0) is 6.54 Å². The second-order valence-corrected chi connectivity index (χ2v) is 5.14. The molecule has 2 N–H and O–H groups in total. The van der Waals surface area contributed by atoms with Gasteiger partial charge in [0.15, 0.2) is 5.82 Å². The Hall–Kier alpha value is -3.29.